The number of ether oxygens (including phenoxy) is 1. The van der Waals surface area contributed by atoms with Gasteiger partial charge in [-0.15, -0.1) is 0 Å². The van der Waals surface area contributed by atoms with Crippen LogP contribution in [0.25, 0.3) is 0 Å². The number of carbonyl (C=O) groups excluding carboxylic acids is 2. The summed E-state index contributed by atoms with van der Waals surface area (Å²) in [5.41, 5.74) is 1.38. The lowest BCUT2D eigenvalue weighted by Gasteiger charge is -2.11. The molecule has 0 fully saturated rings. The van der Waals surface area contributed by atoms with Gasteiger partial charge in [0.05, 0.1) is 6.54 Å². The molecule has 27 heavy (non-hydrogen) atoms. The monoisotopic (exact) mass is 373 g/mol. The van der Waals surface area contributed by atoms with Crippen molar-refractivity contribution in [2.45, 2.75) is 26.4 Å². The van der Waals surface area contributed by atoms with Gasteiger partial charge in [0.1, 0.15) is 6.61 Å². The Bertz CT molecular complexity index is 763. The van der Waals surface area contributed by atoms with Gasteiger partial charge in [0.25, 0.3) is 5.91 Å². The standard InChI is InChI=1S/C20H24FN3O3/c1-14(2)24-20(26)23-13-15-7-9-16(10-8-15)19(25)22-11-12-27-18-6-4-3-5-17(18)21/h3-10,14H,11-13H2,1-2H3,(H,22,25)(H2,23,24,26). The molecular formula is C20H24FN3O3. The normalized spacial score (nSPS) is 10.4. The first-order chi connectivity index (χ1) is 13.0. The first kappa shape index (κ1) is 20.2. The van der Waals surface area contributed by atoms with E-state index in [4.69, 9.17) is 4.74 Å². The smallest absolute Gasteiger partial charge is 0.315 e. The zero-order valence-corrected chi connectivity index (χ0v) is 15.4. The number of carbonyl (C=O) groups is 2. The molecule has 3 N–H and O–H groups in total. The second-order valence-electron chi connectivity index (χ2n) is 6.21. The molecule has 0 radical (unpaired) electrons. The minimum atomic E-state index is -0.435. The second-order valence-corrected chi connectivity index (χ2v) is 6.21. The summed E-state index contributed by atoms with van der Waals surface area (Å²) in [6.07, 6.45) is 0. The maximum Gasteiger partial charge on any atom is 0.315 e. The summed E-state index contributed by atoms with van der Waals surface area (Å²) in [6.45, 7) is 4.56. The molecule has 6 nitrogen and oxygen atoms in total. The van der Waals surface area contributed by atoms with Crippen LogP contribution >= 0.6 is 0 Å². The number of halogens is 1. The van der Waals surface area contributed by atoms with Crippen molar-refractivity contribution in [2.75, 3.05) is 13.2 Å². The molecule has 0 unspecified atom stereocenters. The van der Waals surface area contributed by atoms with E-state index < -0.39 is 5.82 Å². The van der Waals surface area contributed by atoms with E-state index in [9.17, 15) is 14.0 Å². The van der Waals surface area contributed by atoms with Crippen molar-refractivity contribution in [3.8, 4) is 5.75 Å². The number of para-hydroxylation sites is 1. The van der Waals surface area contributed by atoms with Crippen LogP contribution in [0.1, 0.15) is 29.8 Å². The molecule has 0 bridgehead atoms. The van der Waals surface area contributed by atoms with Crippen molar-refractivity contribution >= 4 is 11.9 Å². The van der Waals surface area contributed by atoms with Crippen LogP contribution in [0.5, 0.6) is 5.75 Å². The predicted molar refractivity (Wildman–Crippen MR) is 101 cm³/mol. The Morgan fingerprint density at radius 1 is 1.04 bits per heavy atom. The van der Waals surface area contributed by atoms with Gasteiger partial charge >= 0.3 is 6.03 Å². The average molecular weight is 373 g/mol. The number of benzene rings is 2. The molecule has 2 aromatic rings. The van der Waals surface area contributed by atoms with Crippen molar-refractivity contribution in [2.24, 2.45) is 0 Å². The van der Waals surface area contributed by atoms with E-state index in [0.717, 1.165) is 5.56 Å². The molecule has 144 valence electrons. The molecule has 0 saturated carbocycles. The fourth-order valence-electron chi connectivity index (χ4n) is 2.26. The third-order valence-electron chi connectivity index (χ3n) is 3.57. The van der Waals surface area contributed by atoms with Crippen LogP contribution in [0.15, 0.2) is 48.5 Å². The Balaban J connectivity index is 1.73. The van der Waals surface area contributed by atoms with E-state index >= 15 is 0 Å². The van der Waals surface area contributed by atoms with Crippen LogP contribution in [0, 0.1) is 5.82 Å². The summed E-state index contributed by atoms with van der Waals surface area (Å²) in [7, 11) is 0. The van der Waals surface area contributed by atoms with Crippen LogP contribution in [0.2, 0.25) is 0 Å². The molecule has 0 aliphatic heterocycles. The van der Waals surface area contributed by atoms with Crippen molar-refractivity contribution in [3.63, 3.8) is 0 Å². The molecule has 2 rings (SSSR count). The molecule has 0 aliphatic rings. The van der Waals surface area contributed by atoms with Gasteiger partial charge in [0, 0.05) is 18.2 Å². The summed E-state index contributed by atoms with van der Waals surface area (Å²) in [5.74, 6) is -0.524. The number of rotatable bonds is 8. The maximum absolute atomic E-state index is 13.4. The van der Waals surface area contributed by atoms with E-state index in [1.807, 2.05) is 13.8 Å². The highest BCUT2D eigenvalue weighted by atomic mass is 19.1. The van der Waals surface area contributed by atoms with Crippen molar-refractivity contribution in [3.05, 3.63) is 65.5 Å². The van der Waals surface area contributed by atoms with Crippen LogP contribution in [-0.2, 0) is 6.54 Å². The Kier molecular flexibility index (Phi) is 7.61. The van der Waals surface area contributed by atoms with E-state index in [2.05, 4.69) is 16.0 Å². The first-order valence-electron chi connectivity index (χ1n) is 8.74. The Morgan fingerprint density at radius 2 is 1.74 bits per heavy atom. The zero-order chi connectivity index (χ0) is 19.6. The van der Waals surface area contributed by atoms with Crippen LogP contribution in [0.4, 0.5) is 9.18 Å². The minimum absolute atomic E-state index is 0.0680. The SMILES string of the molecule is CC(C)NC(=O)NCc1ccc(C(=O)NCCOc2ccccc2F)cc1. The summed E-state index contributed by atoms with van der Waals surface area (Å²) in [6, 6.07) is 12.9. The van der Waals surface area contributed by atoms with Crippen LogP contribution < -0.4 is 20.7 Å². The molecule has 2 aromatic carbocycles. The number of hydrogen-bond donors (Lipinski definition) is 3. The summed E-state index contributed by atoms with van der Waals surface area (Å²) < 4.78 is 18.7. The third-order valence-corrected chi connectivity index (χ3v) is 3.57. The van der Waals surface area contributed by atoms with E-state index in [1.165, 1.54) is 12.1 Å². The Morgan fingerprint density at radius 3 is 2.41 bits per heavy atom. The summed E-state index contributed by atoms with van der Waals surface area (Å²) in [4.78, 5) is 23.7. The molecule has 3 amide bonds. The van der Waals surface area contributed by atoms with Gasteiger partial charge in [-0.25, -0.2) is 9.18 Å². The predicted octanol–water partition coefficient (Wildman–Crippen LogP) is 2.84. The quantitative estimate of drug-likeness (QED) is 0.623. The molecule has 0 atom stereocenters. The average Bonchev–Trinajstić information content (AvgIpc) is 2.64. The molecule has 7 heteroatoms. The van der Waals surface area contributed by atoms with E-state index in [1.54, 1.807) is 36.4 Å². The molecular weight excluding hydrogens is 349 g/mol. The molecule has 0 heterocycles. The number of nitrogens with one attached hydrogen (secondary N) is 3. The zero-order valence-electron chi connectivity index (χ0n) is 15.4. The number of urea groups is 1. The van der Waals surface area contributed by atoms with Crippen molar-refractivity contribution in [1.82, 2.24) is 16.0 Å². The second kappa shape index (κ2) is 10.2. The minimum Gasteiger partial charge on any atom is -0.489 e. The molecule has 0 spiro atoms. The Hall–Kier alpha value is -3.09. The van der Waals surface area contributed by atoms with E-state index in [0.29, 0.717) is 12.1 Å². The van der Waals surface area contributed by atoms with Gasteiger partial charge in [0.15, 0.2) is 11.6 Å². The molecule has 0 aliphatic carbocycles. The topological polar surface area (TPSA) is 79.5 Å². The van der Waals surface area contributed by atoms with Gasteiger partial charge in [0.2, 0.25) is 0 Å². The largest absolute Gasteiger partial charge is 0.489 e. The highest BCUT2D eigenvalue weighted by Crippen LogP contribution is 2.14. The third kappa shape index (κ3) is 6.97. The van der Waals surface area contributed by atoms with Crippen molar-refractivity contribution < 1.29 is 18.7 Å². The highest BCUT2D eigenvalue weighted by Gasteiger charge is 2.07. The van der Waals surface area contributed by atoms with Crippen LogP contribution in [-0.4, -0.2) is 31.1 Å². The summed E-state index contributed by atoms with van der Waals surface area (Å²) in [5, 5.41) is 8.19. The molecule has 0 saturated heterocycles. The van der Waals surface area contributed by atoms with E-state index in [-0.39, 0.29) is 36.9 Å². The maximum atomic E-state index is 13.4. The fraction of sp³-hybridized carbons (Fsp3) is 0.300. The summed E-state index contributed by atoms with van der Waals surface area (Å²) >= 11 is 0. The van der Waals surface area contributed by atoms with Gasteiger partial charge < -0.3 is 20.7 Å². The van der Waals surface area contributed by atoms with Crippen molar-refractivity contribution in [1.29, 1.82) is 0 Å². The number of hydrogen-bond acceptors (Lipinski definition) is 3. The fourth-order valence-corrected chi connectivity index (χ4v) is 2.26. The van der Waals surface area contributed by atoms with Crippen LogP contribution in [0.3, 0.4) is 0 Å². The van der Waals surface area contributed by atoms with Gasteiger partial charge in [-0.1, -0.05) is 24.3 Å². The molecule has 0 aromatic heterocycles. The number of amides is 3. The Labute approximate surface area is 158 Å². The lowest BCUT2D eigenvalue weighted by Crippen LogP contribution is -2.39. The van der Waals surface area contributed by atoms with Gasteiger partial charge in [-0.05, 0) is 43.7 Å². The van der Waals surface area contributed by atoms with Gasteiger partial charge in [-0.3, -0.25) is 4.79 Å². The van der Waals surface area contributed by atoms with Gasteiger partial charge in [-0.2, -0.15) is 0 Å². The lowest BCUT2D eigenvalue weighted by molar-refractivity contribution is 0.0946. The highest BCUT2D eigenvalue weighted by molar-refractivity contribution is 5.94. The lowest BCUT2D eigenvalue weighted by atomic mass is 10.1. The first-order valence-corrected chi connectivity index (χ1v) is 8.74.